The molecule has 1 amide bonds. The van der Waals surface area contributed by atoms with Crippen molar-refractivity contribution in [3.8, 4) is 0 Å². The molecule has 1 saturated heterocycles. The first kappa shape index (κ1) is 18.3. The first-order valence-electron chi connectivity index (χ1n) is 7.96. The minimum Gasteiger partial charge on any atom is -0.504 e. The van der Waals surface area contributed by atoms with Gasteiger partial charge in [-0.2, -0.15) is 0 Å². The third kappa shape index (κ3) is 4.06. The van der Waals surface area contributed by atoms with Crippen LogP contribution in [0.5, 0.6) is 0 Å². The van der Waals surface area contributed by atoms with Gasteiger partial charge in [0.2, 0.25) is 0 Å². The first-order valence-corrected chi connectivity index (χ1v) is 7.96. The number of hydrogen-bond donors (Lipinski definition) is 0. The summed E-state index contributed by atoms with van der Waals surface area (Å²) in [5.74, 6) is 0. The van der Waals surface area contributed by atoms with Gasteiger partial charge in [0.15, 0.2) is 0 Å². The number of hydrogen-bond acceptors (Lipinski definition) is 5. The molecule has 0 aliphatic carbocycles. The standard InChI is InChI=1S/C18H26N2O4/c1-17(2,3)24-16(21)20-15(12-23-18(20,4)5)13(11-22-6)14-9-7-8-10-19-14/h7-11,15H,12H2,1-6H3/t15-/m0/s1. The molecule has 0 radical (unpaired) electrons. The summed E-state index contributed by atoms with van der Waals surface area (Å²) >= 11 is 0. The van der Waals surface area contributed by atoms with E-state index in [1.165, 1.54) is 0 Å². The van der Waals surface area contributed by atoms with Crippen molar-refractivity contribution >= 4 is 11.7 Å². The van der Waals surface area contributed by atoms with E-state index in [0.29, 0.717) is 6.61 Å². The molecule has 0 unspecified atom stereocenters. The second-order valence-corrected chi connectivity index (χ2v) is 7.15. The SMILES string of the molecule is COC=C(c1ccccn1)[C@@H]1COC(C)(C)N1C(=O)OC(C)(C)C. The Labute approximate surface area is 143 Å². The van der Waals surface area contributed by atoms with Crippen molar-refractivity contribution in [3.63, 3.8) is 0 Å². The first-order chi connectivity index (χ1) is 11.2. The van der Waals surface area contributed by atoms with Crippen molar-refractivity contribution in [2.24, 2.45) is 0 Å². The van der Waals surface area contributed by atoms with Crippen molar-refractivity contribution < 1.29 is 19.0 Å². The molecule has 6 nitrogen and oxygen atoms in total. The Morgan fingerprint density at radius 3 is 2.67 bits per heavy atom. The van der Waals surface area contributed by atoms with Crippen LogP contribution in [0.25, 0.3) is 5.57 Å². The zero-order valence-corrected chi connectivity index (χ0v) is 15.2. The molecule has 132 valence electrons. The van der Waals surface area contributed by atoms with E-state index in [-0.39, 0.29) is 6.04 Å². The van der Waals surface area contributed by atoms with Crippen LogP contribution in [0.2, 0.25) is 0 Å². The number of nitrogens with zero attached hydrogens (tertiary/aromatic N) is 2. The monoisotopic (exact) mass is 334 g/mol. The molecule has 0 aromatic carbocycles. The fourth-order valence-corrected chi connectivity index (χ4v) is 2.66. The van der Waals surface area contributed by atoms with E-state index in [2.05, 4.69) is 4.98 Å². The quantitative estimate of drug-likeness (QED) is 0.793. The van der Waals surface area contributed by atoms with E-state index >= 15 is 0 Å². The van der Waals surface area contributed by atoms with Crippen LogP contribution < -0.4 is 0 Å². The number of ether oxygens (including phenoxy) is 3. The highest BCUT2D eigenvalue weighted by Gasteiger charge is 2.47. The topological polar surface area (TPSA) is 60.9 Å². The van der Waals surface area contributed by atoms with Gasteiger partial charge in [-0.1, -0.05) is 6.07 Å². The lowest BCUT2D eigenvalue weighted by Gasteiger charge is -2.35. The van der Waals surface area contributed by atoms with E-state index in [1.54, 1.807) is 24.5 Å². The number of carbonyl (C=O) groups excluding carboxylic acids is 1. The van der Waals surface area contributed by atoms with Crippen LogP contribution in [0.15, 0.2) is 30.7 Å². The van der Waals surface area contributed by atoms with Gasteiger partial charge in [-0.25, -0.2) is 4.79 Å². The van der Waals surface area contributed by atoms with Crippen molar-refractivity contribution in [1.82, 2.24) is 9.88 Å². The summed E-state index contributed by atoms with van der Waals surface area (Å²) < 4.78 is 16.7. The molecular weight excluding hydrogens is 308 g/mol. The molecule has 0 N–H and O–H groups in total. The van der Waals surface area contributed by atoms with Crippen LogP contribution in [0.3, 0.4) is 0 Å². The molecular formula is C18H26N2O4. The second-order valence-electron chi connectivity index (χ2n) is 7.15. The minimum absolute atomic E-state index is 0.343. The van der Waals surface area contributed by atoms with Gasteiger partial charge in [0, 0.05) is 11.8 Å². The number of rotatable bonds is 3. The Hall–Kier alpha value is -2.08. The summed E-state index contributed by atoms with van der Waals surface area (Å²) in [4.78, 5) is 18.7. The van der Waals surface area contributed by atoms with Crippen molar-refractivity contribution in [1.29, 1.82) is 0 Å². The smallest absolute Gasteiger partial charge is 0.413 e. The van der Waals surface area contributed by atoms with Crippen LogP contribution >= 0.6 is 0 Å². The van der Waals surface area contributed by atoms with E-state index in [4.69, 9.17) is 14.2 Å². The molecule has 1 aliphatic rings. The van der Waals surface area contributed by atoms with Crippen LogP contribution in [0.1, 0.15) is 40.3 Å². The number of pyridine rings is 1. The van der Waals surface area contributed by atoms with Gasteiger partial charge < -0.3 is 14.2 Å². The maximum atomic E-state index is 12.8. The van der Waals surface area contributed by atoms with Crippen molar-refractivity contribution in [2.75, 3.05) is 13.7 Å². The van der Waals surface area contributed by atoms with Gasteiger partial charge in [-0.05, 0) is 46.8 Å². The fourth-order valence-electron chi connectivity index (χ4n) is 2.66. The third-order valence-corrected chi connectivity index (χ3v) is 3.64. The zero-order valence-electron chi connectivity index (χ0n) is 15.2. The summed E-state index contributed by atoms with van der Waals surface area (Å²) in [5.41, 5.74) is 0.138. The second kappa shape index (κ2) is 6.81. The lowest BCUT2D eigenvalue weighted by molar-refractivity contribution is -0.0608. The Bertz CT molecular complexity index is 605. The molecule has 0 saturated carbocycles. The Kier molecular flexibility index (Phi) is 5.18. The summed E-state index contributed by atoms with van der Waals surface area (Å²) in [5, 5.41) is 0. The molecule has 24 heavy (non-hydrogen) atoms. The Morgan fingerprint density at radius 1 is 1.42 bits per heavy atom. The van der Waals surface area contributed by atoms with Crippen LogP contribution in [-0.2, 0) is 14.2 Å². The Morgan fingerprint density at radius 2 is 2.12 bits per heavy atom. The summed E-state index contributed by atoms with van der Waals surface area (Å²) in [7, 11) is 1.57. The van der Waals surface area contributed by atoms with Crippen molar-refractivity contribution in [2.45, 2.75) is 52.0 Å². The molecule has 0 bridgehead atoms. The average Bonchev–Trinajstić information content (AvgIpc) is 2.79. The fraction of sp³-hybridized carbons (Fsp3) is 0.556. The van der Waals surface area contributed by atoms with Crippen LogP contribution in [0, 0.1) is 0 Å². The van der Waals surface area contributed by atoms with Crippen LogP contribution in [0.4, 0.5) is 4.79 Å². The van der Waals surface area contributed by atoms with Crippen molar-refractivity contribution in [3.05, 3.63) is 36.4 Å². The maximum Gasteiger partial charge on any atom is 0.413 e. The lowest BCUT2D eigenvalue weighted by Crippen LogP contribution is -2.50. The molecule has 1 aromatic rings. The van der Waals surface area contributed by atoms with Crippen LogP contribution in [-0.4, -0.2) is 47.1 Å². The van der Waals surface area contributed by atoms with Gasteiger partial charge in [-0.15, -0.1) is 0 Å². The molecule has 0 spiro atoms. The number of carbonyl (C=O) groups is 1. The highest BCUT2D eigenvalue weighted by Crippen LogP contribution is 2.35. The summed E-state index contributed by atoms with van der Waals surface area (Å²) in [6.45, 7) is 9.56. The molecule has 1 aliphatic heterocycles. The largest absolute Gasteiger partial charge is 0.504 e. The highest BCUT2D eigenvalue weighted by atomic mass is 16.6. The molecule has 1 fully saturated rings. The predicted octanol–water partition coefficient (Wildman–Crippen LogP) is 3.44. The van der Waals surface area contributed by atoms with Gasteiger partial charge in [0.1, 0.15) is 11.3 Å². The zero-order chi connectivity index (χ0) is 18.0. The van der Waals surface area contributed by atoms with E-state index in [1.807, 2.05) is 52.8 Å². The van der Waals surface area contributed by atoms with Gasteiger partial charge >= 0.3 is 6.09 Å². The maximum absolute atomic E-state index is 12.8. The Balaban J connectivity index is 2.39. The summed E-state index contributed by atoms with van der Waals surface area (Å²) in [6.07, 6.45) is 2.89. The van der Waals surface area contributed by atoms with Gasteiger partial charge in [0.05, 0.1) is 31.7 Å². The van der Waals surface area contributed by atoms with E-state index in [0.717, 1.165) is 11.3 Å². The summed E-state index contributed by atoms with van der Waals surface area (Å²) in [6, 6.07) is 5.27. The number of aromatic nitrogens is 1. The molecule has 1 aromatic heterocycles. The molecule has 6 heteroatoms. The molecule has 2 rings (SSSR count). The number of methoxy groups -OCH3 is 1. The molecule has 2 heterocycles. The third-order valence-electron chi connectivity index (χ3n) is 3.64. The number of amides is 1. The highest BCUT2D eigenvalue weighted by molar-refractivity contribution is 5.76. The molecule has 1 atom stereocenters. The normalized spacial score (nSPS) is 20.8. The minimum atomic E-state index is -0.783. The van der Waals surface area contributed by atoms with Gasteiger partial charge in [0.25, 0.3) is 0 Å². The predicted molar refractivity (Wildman–Crippen MR) is 91.1 cm³/mol. The lowest BCUT2D eigenvalue weighted by atomic mass is 10.0. The van der Waals surface area contributed by atoms with E-state index < -0.39 is 17.4 Å². The van der Waals surface area contributed by atoms with E-state index in [9.17, 15) is 4.79 Å². The van der Waals surface area contributed by atoms with Gasteiger partial charge in [-0.3, -0.25) is 9.88 Å². The average molecular weight is 334 g/mol.